The van der Waals surface area contributed by atoms with E-state index in [1.54, 1.807) is 10.9 Å². The van der Waals surface area contributed by atoms with Crippen molar-refractivity contribution in [3.63, 3.8) is 0 Å². The van der Waals surface area contributed by atoms with Crippen molar-refractivity contribution >= 4 is 29.2 Å². The van der Waals surface area contributed by atoms with Crippen LogP contribution in [0.25, 0.3) is 0 Å². The summed E-state index contributed by atoms with van der Waals surface area (Å²) in [6.45, 7) is 0.367. The third-order valence-electron chi connectivity index (χ3n) is 4.33. The Morgan fingerprint density at radius 2 is 2.20 bits per heavy atom. The zero-order valence-electron chi connectivity index (χ0n) is 16.1. The van der Waals surface area contributed by atoms with E-state index >= 15 is 0 Å². The molecule has 1 aromatic heterocycles. The van der Waals surface area contributed by atoms with Gasteiger partial charge < -0.3 is 24.8 Å². The number of esters is 1. The molecule has 9 nitrogen and oxygen atoms in total. The summed E-state index contributed by atoms with van der Waals surface area (Å²) >= 11 is 5.78. The van der Waals surface area contributed by atoms with Gasteiger partial charge in [-0.2, -0.15) is 5.10 Å². The summed E-state index contributed by atoms with van der Waals surface area (Å²) in [6.07, 6.45) is 3.12. The molecule has 0 saturated heterocycles. The number of rotatable bonds is 9. The highest BCUT2D eigenvalue weighted by Crippen LogP contribution is 2.26. The topological polar surface area (TPSA) is 106 Å². The van der Waals surface area contributed by atoms with Crippen molar-refractivity contribution in [1.29, 1.82) is 0 Å². The quantitative estimate of drug-likeness (QED) is 0.570. The normalized spacial score (nSPS) is 13.7. The summed E-state index contributed by atoms with van der Waals surface area (Å²) in [5.41, 5.74) is 0.350. The lowest BCUT2D eigenvalue weighted by Gasteiger charge is -2.15. The van der Waals surface area contributed by atoms with Crippen LogP contribution in [0.3, 0.4) is 0 Å². The van der Waals surface area contributed by atoms with Crippen LogP contribution in [0.1, 0.15) is 0 Å². The number of benzene rings is 1. The lowest BCUT2D eigenvalue weighted by Crippen LogP contribution is -2.31. The van der Waals surface area contributed by atoms with Crippen LogP contribution >= 0.6 is 11.6 Å². The molecule has 1 aromatic carbocycles. The summed E-state index contributed by atoms with van der Waals surface area (Å²) in [7, 11) is 1.20. The second-order valence-corrected chi connectivity index (χ2v) is 6.77. The number of anilines is 1. The number of β-amino-alcohol motifs (C(OH)–C–C–N with tert-alkyl or cyclic N) is 1. The molecule has 30 heavy (non-hydrogen) atoms. The van der Waals surface area contributed by atoms with E-state index in [4.69, 9.17) is 26.2 Å². The van der Waals surface area contributed by atoms with Crippen molar-refractivity contribution in [2.75, 3.05) is 38.7 Å². The monoisotopic (exact) mass is 438 g/mol. The number of methoxy groups -OCH3 is 1. The number of halogens is 2. The van der Waals surface area contributed by atoms with E-state index in [-0.39, 0.29) is 49.0 Å². The van der Waals surface area contributed by atoms with Crippen molar-refractivity contribution < 1.29 is 28.6 Å². The highest BCUT2D eigenvalue weighted by molar-refractivity contribution is 6.30. The standard InChI is InChI=1S/C19H20ClFN4O5/c1-29-19(28)14-11-24(4-6-26)18(27)17(14)23-13-2-3-16(15(21)8-13)30-7-5-25-10-12(20)9-22-25/h2-3,8-10,23,26H,4-7,11H2,1H3. The van der Waals surface area contributed by atoms with Gasteiger partial charge in [0.05, 0.1) is 43.6 Å². The van der Waals surface area contributed by atoms with Crippen molar-refractivity contribution in [3.05, 3.63) is 52.7 Å². The molecular formula is C19H20ClFN4O5. The molecule has 2 heterocycles. The summed E-state index contributed by atoms with van der Waals surface area (Å²) < 4.78 is 26.1. The van der Waals surface area contributed by atoms with E-state index in [1.165, 1.54) is 30.3 Å². The minimum Gasteiger partial charge on any atom is -0.489 e. The Kier molecular flexibility index (Phi) is 6.91. The fourth-order valence-electron chi connectivity index (χ4n) is 2.90. The van der Waals surface area contributed by atoms with Crippen molar-refractivity contribution in [3.8, 4) is 5.75 Å². The molecule has 0 bridgehead atoms. The fraction of sp³-hybridized carbons (Fsp3) is 0.316. The van der Waals surface area contributed by atoms with Gasteiger partial charge in [-0.15, -0.1) is 0 Å². The number of carbonyl (C=O) groups is 2. The Bertz CT molecular complexity index is 978. The van der Waals surface area contributed by atoms with Gasteiger partial charge in [0, 0.05) is 24.5 Å². The average molecular weight is 439 g/mol. The number of hydrogen-bond donors (Lipinski definition) is 2. The van der Waals surface area contributed by atoms with Gasteiger partial charge in [-0.25, -0.2) is 9.18 Å². The van der Waals surface area contributed by atoms with E-state index in [2.05, 4.69) is 10.4 Å². The number of carbonyl (C=O) groups excluding carboxylic acids is 2. The van der Waals surface area contributed by atoms with Gasteiger partial charge in [0.25, 0.3) is 5.91 Å². The number of aliphatic hydroxyl groups excluding tert-OH is 1. The molecule has 0 unspecified atom stereocenters. The van der Waals surface area contributed by atoms with Gasteiger partial charge >= 0.3 is 5.97 Å². The summed E-state index contributed by atoms with van der Waals surface area (Å²) in [5, 5.41) is 16.4. The zero-order valence-corrected chi connectivity index (χ0v) is 16.9. The molecule has 3 rings (SSSR count). The van der Waals surface area contributed by atoms with Gasteiger partial charge in [-0.05, 0) is 12.1 Å². The maximum Gasteiger partial charge on any atom is 0.337 e. The van der Waals surface area contributed by atoms with Gasteiger partial charge in [0.1, 0.15) is 12.3 Å². The van der Waals surface area contributed by atoms with Crippen LogP contribution < -0.4 is 10.1 Å². The Morgan fingerprint density at radius 1 is 1.40 bits per heavy atom. The second kappa shape index (κ2) is 9.59. The molecule has 1 aliphatic heterocycles. The first kappa shape index (κ1) is 21.6. The SMILES string of the molecule is COC(=O)C1=C(Nc2ccc(OCCn3cc(Cl)cn3)c(F)c2)C(=O)N(CCO)C1. The van der Waals surface area contributed by atoms with Crippen LogP contribution in [-0.2, 0) is 20.9 Å². The second-order valence-electron chi connectivity index (χ2n) is 6.34. The zero-order chi connectivity index (χ0) is 21.7. The van der Waals surface area contributed by atoms with Crippen LogP contribution in [0.4, 0.5) is 10.1 Å². The molecule has 2 aromatic rings. The van der Waals surface area contributed by atoms with E-state index in [9.17, 15) is 14.0 Å². The van der Waals surface area contributed by atoms with Crippen LogP contribution in [0.15, 0.2) is 41.9 Å². The highest BCUT2D eigenvalue weighted by atomic mass is 35.5. The molecule has 160 valence electrons. The Morgan fingerprint density at radius 3 is 2.83 bits per heavy atom. The van der Waals surface area contributed by atoms with Crippen molar-refractivity contribution in [2.24, 2.45) is 0 Å². The molecule has 0 aliphatic carbocycles. The fourth-order valence-corrected chi connectivity index (χ4v) is 3.05. The third kappa shape index (κ3) is 4.89. The lowest BCUT2D eigenvalue weighted by molar-refractivity contribution is -0.136. The maximum atomic E-state index is 14.4. The number of nitrogens with zero attached hydrogens (tertiary/aromatic N) is 3. The molecule has 1 amide bonds. The maximum absolute atomic E-state index is 14.4. The molecule has 11 heteroatoms. The Hall–Kier alpha value is -3.11. The van der Waals surface area contributed by atoms with Crippen LogP contribution in [-0.4, -0.2) is 65.1 Å². The minimum absolute atomic E-state index is 0.00444. The summed E-state index contributed by atoms with van der Waals surface area (Å²) in [5.74, 6) is -1.77. The average Bonchev–Trinajstić information content (AvgIpc) is 3.27. The Balaban J connectivity index is 1.68. The van der Waals surface area contributed by atoms with E-state index in [0.717, 1.165) is 6.07 Å². The van der Waals surface area contributed by atoms with Gasteiger partial charge in [0.2, 0.25) is 0 Å². The highest BCUT2D eigenvalue weighted by Gasteiger charge is 2.34. The summed E-state index contributed by atoms with van der Waals surface area (Å²) in [6, 6.07) is 4.09. The number of aliphatic hydroxyl groups is 1. The molecule has 0 radical (unpaired) electrons. The number of aromatic nitrogens is 2. The van der Waals surface area contributed by atoms with Crippen molar-refractivity contribution in [2.45, 2.75) is 6.54 Å². The molecule has 2 N–H and O–H groups in total. The minimum atomic E-state index is -0.676. The van der Waals surface area contributed by atoms with E-state index in [1.807, 2.05) is 0 Å². The van der Waals surface area contributed by atoms with Crippen LogP contribution in [0, 0.1) is 5.82 Å². The molecule has 0 fully saturated rings. The first-order valence-electron chi connectivity index (χ1n) is 9.02. The van der Waals surface area contributed by atoms with Crippen molar-refractivity contribution in [1.82, 2.24) is 14.7 Å². The number of amides is 1. The van der Waals surface area contributed by atoms with Gasteiger partial charge in [0.15, 0.2) is 11.6 Å². The number of ether oxygens (including phenoxy) is 2. The number of nitrogens with one attached hydrogen (secondary N) is 1. The van der Waals surface area contributed by atoms with Gasteiger partial charge in [-0.3, -0.25) is 9.48 Å². The summed E-state index contributed by atoms with van der Waals surface area (Å²) in [4.78, 5) is 25.8. The smallest absolute Gasteiger partial charge is 0.337 e. The molecular weight excluding hydrogens is 419 g/mol. The molecule has 0 spiro atoms. The largest absolute Gasteiger partial charge is 0.489 e. The molecule has 1 aliphatic rings. The van der Waals surface area contributed by atoms with Crippen LogP contribution in [0.5, 0.6) is 5.75 Å². The first-order valence-corrected chi connectivity index (χ1v) is 9.39. The lowest BCUT2D eigenvalue weighted by atomic mass is 10.2. The molecule has 0 saturated carbocycles. The van der Waals surface area contributed by atoms with Crippen LogP contribution in [0.2, 0.25) is 5.02 Å². The molecule has 0 atom stereocenters. The first-order chi connectivity index (χ1) is 14.4. The van der Waals surface area contributed by atoms with Gasteiger partial charge in [-0.1, -0.05) is 11.6 Å². The van der Waals surface area contributed by atoms with E-state index in [0.29, 0.717) is 11.6 Å². The third-order valence-corrected chi connectivity index (χ3v) is 4.53. The van der Waals surface area contributed by atoms with E-state index < -0.39 is 17.7 Å². The predicted molar refractivity (Wildman–Crippen MR) is 105 cm³/mol. The Labute approximate surface area is 176 Å². The predicted octanol–water partition coefficient (Wildman–Crippen LogP) is 1.43. The number of hydrogen-bond acceptors (Lipinski definition) is 7.